The van der Waals surface area contributed by atoms with E-state index >= 15 is 0 Å². The molecular formula is C17H22F3N3O2. The van der Waals surface area contributed by atoms with E-state index in [1.165, 1.54) is 25.5 Å². The van der Waals surface area contributed by atoms with Crippen LogP contribution in [0.4, 0.5) is 13.2 Å². The predicted molar refractivity (Wildman–Crippen MR) is 92.4 cm³/mol. The summed E-state index contributed by atoms with van der Waals surface area (Å²) < 4.78 is 45.9. The van der Waals surface area contributed by atoms with E-state index in [0.717, 1.165) is 6.07 Å². The third-order valence-corrected chi connectivity index (χ3v) is 2.99. The van der Waals surface area contributed by atoms with E-state index in [1.807, 2.05) is 20.8 Å². The number of ether oxygens (including phenoxy) is 2. The smallest absolute Gasteiger partial charge is 0.496 e. The summed E-state index contributed by atoms with van der Waals surface area (Å²) in [7, 11) is 1.36. The molecule has 1 rings (SSSR count). The van der Waals surface area contributed by atoms with Crippen LogP contribution in [0.15, 0.2) is 39.7 Å². The largest absolute Gasteiger partial charge is 0.573 e. The molecule has 5 nitrogen and oxygen atoms in total. The van der Waals surface area contributed by atoms with Crippen LogP contribution < -0.4 is 14.8 Å². The molecule has 0 radical (unpaired) electrons. The van der Waals surface area contributed by atoms with Crippen molar-refractivity contribution >= 4 is 12.9 Å². The lowest BCUT2D eigenvalue weighted by molar-refractivity contribution is -0.274. The zero-order valence-corrected chi connectivity index (χ0v) is 14.6. The van der Waals surface area contributed by atoms with Crippen LogP contribution in [0.1, 0.15) is 32.8 Å². The van der Waals surface area contributed by atoms with Gasteiger partial charge in [0.1, 0.15) is 17.3 Å². The number of hydrogen-bond acceptors (Lipinski definition) is 5. The van der Waals surface area contributed by atoms with Gasteiger partial charge in [-0.15, -0.1) is 13.2 Å². The monoisotopic (exact) mass is 357 g/mol. The molecule has 0 saturated heterocycles. The highest BCUT2D eigenvalue weighted by Gasteiger charge is 2.31. The van der Waals surface area contributed by atoms with Gasteiger partial charge < -0.3 is 14.8 Å². The van der Waals surface area contributed by atoms with E-state index < -0.39 is 6.36 Å². The molecule has 0 saturated carbocycles. The fourth-order valence-electron chi connectivity index (χ4n) is 1.96. The second kappa shape index (κ2) is 9.10. The molecule has 0 unspecified atom stereocenters. The number of alkyl halides is 3. The molecule has 0 atom stereocenters. The summed E-state index contributed by atoms with van der Waals surface area (Å²) in [5.41, 5.74) is 1.18. The lowest BCUT2D eigenvalue weighted by Crippen LogP contribution is -2.22. The molecule has 1 aromatic carbocycles. The Morgan fingerprint density at radius 1 is 1.36 bits per heavy atom. The Morgan fingerprint density at radius 2 is 2.04 bits per heavy atom. The molecule has 0 heterocycles. The topological polar surface area (TPSA) is 55.2 Å². The second-order valence-corrected chi connectivity index (χ2v) is 5.32. The van der Waals surface area contributed by atoms with E-state index in [9.17, 15) is 13.2 Å². The van der Waals surface area contributed by atoms with Crippen molar-refractivity contribution in [2.75, 3.05) is 7.11 Å². The SMILES string of the molecule is C=N/C(NC(C)C)=C(/CC)N=Cc1ccc(OC(F)(F)F)cc1OC. The van der Waals surface area contributed by atoms with Crippen LogP contribution in [-0.4, -0.2) is 32.4 Å². The lowest BCUT2D eigenvalue weighted by Gasteiger charge is -2.13. The molecule has 0 aliphatic heterocycles. The Balaban J connectivity index is 3.13. The molecule has 0 aliphatic rings. The minimum absolute atomic E-state index is 0.158. The van der Waals surface area contributed by atoms with E-state index in [0.29, 0.717) is 23.5 Å². The van der Waals surface area contributed by atoms with E-state index in [1.54, 1.807) is 0 Å². The first-order valence-electron chi connectivity index (χ1n) is 7.64. The molecule has 0 aliphatic carbocycles. The summed E-state index contributed by atoms with van der Waals surface area (Å²) in [6.45, 7) is 9.37. The summed E-state index contributed by atoms with van der Waals surface area (Å²) in [5, 5.41) is 3.14. The molecule has 25 heavy (non-hydrogen) atoms. The minimum atomic E-state index is -4.76. The number of allylic oxidation sites excluding steroid dienone is 1. The van der Waals surface area contributed by atoms with Crippen LogP contribution in [-0.2, 0) is 0 Å². The van der Waals surface area contributed by atoms with E-state index in [-0.39, 0.29) is 17.5 Å². The molecule has 0 bridgehead atoms. The van der Waals surface area contributed by atoms with E-state index in [2.05, 4.69) is 26.8 Å². The highest BCUT2D eigenvalue weighted by atomic mass is 19.4. The maximum Gasteiger partial charge on any atom is 0.573 e. The molecule has 1 aromatic rings. The zero-order chi connectivity index (χ0) is 19.0. The van der Waals surface area contributed by atoms with Crippen molar-refractivity contribution in [1.29, 1.82) is 0 Å². The van der Waals surface area contributed by atoms with Gasteiger partial charge in [0.15, 0.2) is 0 Å². The number of nitrogens with one attached hydrogen (secondary N) is 1. The average Bonchev–Trinajstić information content (AvgIpc) is 2.53. The van der Waals surface area contributed by atoms with Crippen molar-refractivity contribution in [2.24, 2.45) is 9.98 Å². The van der Waals surface area contributed by atoms with Crippen molar-refractivity contribution in [3.05, 3.63) is 35.3 Å². The molecule has 138 valence electrons. The predicted octanol–water partition coefficient (Wildman–Crippen LogP) is 4.29. The maximum absolute atomic E-state index is 12.3. The lowest BCUT2D eigenvalue weighted by atomic mass is 10.2. The Kier molecular flexibility index (Phi) is 7.47. The number of aliphatic imine (C=N–C) groups is 2. The van der Waals surface area contributed by atoms with Gasteiger partial charge in [0.25, 0.3) is 0 Å². The standard InChI is InChI=1S/C17H22F3N3O2/c1-6-14(16(21-4)23-11(2)3)22-10-12-7-8-13(9-15(12)24-5)25-17(18,19)20/h7-11,23H,4,6H2,1-3,5H3/b16-14+,22-10?. The minimum Gasteiger partial charge on any atom is -0.496 e. The number of methoxy groups -OCH3 is 1. The average molecular weight is 357 g/mol. The quantitative estimate of drug-likeness (QED) is 0.706. The molecule has 0 spiro atoms. The first-order valence-corrected chi connectivity index (χ1v) is 7.64. The zero-order valence-electron chi connectivity index (χ0n) is 14.6. The summed E-state index contributed by atoms with van der Waals surface area (Å²) in [6.07, 6.45) is -2.66. The first kappa shape index (κ1) is 20.5. The molecular weight excluding hydrogens is 335 g/mol. The normalized spacial score (nSPS) is 13.0. The van der Waals surface area contributed by atoms with Crippen molar-refractivity contribution in [3.8, 4) is 11.5 Å². The van der Waals surface area contributed by atoms with Crippen LogP contribution in [0.5, 0.6) is 11.5 Å². The van der Waals surface area contributed by atoms with Gasteiger partial charge in [0.2, 0.25) is 0 Å². The second-order valence-electron chi connectivity index (χ2n) is 5.32. The Bertz CT molecular complexity index is 653. The Hall–Kier alpha value is -2.51. The van der Waals surface area contributed by atoms with Crippen molar-refractivity contribution in [3.63, 3.8) is 0 Å². The molecule has 1 N–H and O–H groups in total. The highest BCUT2D eigenvalue weighted by Crippen LogP contribution is 2.28. The molecule has 8 heteroatoms. The van der Waals surface area contributed by atoms with Crippen molar-refractivity contribution in [1.82, 2.24) is 5.32 Å². The molecule has 0 aromatic heterocycles. The van der Waals surface area contributed by atoms with Gasteiger partial charge in [-0.1, -0.05) is 6.92 Å². The van der Waals surface area contributed by atoms with Gasteiger partial charge in [-0.2, -0.15) is 0 Å². The highest BCUT2D eigenvalue weighted by molar-refractivity contribution is 5.84. The number of hydrogen-bond donors (Lipinski definition) is 1. The summed E-state index contributed by atoms with van der Waals surface area (Å²) >= 11 is 0. The van der Waals surface area contributed by atoms with Gasteiger partial charge in [0.05, 0.1) is 12.8 Å². The molecule has 0 fully saturated rings. The number of nitrogens with zero attached hydrogens (tertiary/aromatic N) is 2. The van der Waals surface area contributed by atoms with Gasteiger partial charge in [0, 0.05) is 23.9 Å². The third kappa shape index (κ3) is 6.86. The molecule has 0 amide bonds. The summed E-state index contributed by atoms with van der Waals surface area (Å²) in [6, 6.07) is 3.95. The first-order chi connectivity index (χ1) is 11.7. The van der Waals surface area contributed by atoms with Crippen LogP contribution in [0.2, 0.25) is 0 Å². The number of benzene rings is 1. The van der Waals surface area contributed by atoms with Crippen LogP contribution in [0.3, 0.4) is 0 Å². The number of rotatable bonds is 8. The third-order valence-electron chi connectivity index (χ3n) is 2.99. The van der Waals surface area contributed by atoms with Gasteiger partial charge in [-0.05, 0) is 39.1 Å². The van der Waals surface area contributed by atoms with Gasteiger partial charge in [-0.25, -0.2) is 4.99 Å². The van der Waals surface area contributed by atoms with Crippen molar-refractivity contribution in [2.45, 2.75) is 39.6 Å². The van der Waals surface area contributed by atoms with Crippen LogP contribution in [0.25, 0.3) is 0 Å². The van der Waals surface area contributed by atoms with Crippen LogP contribution >= 0.6 is 0 Å². The summed E-state index contributed by atoms with van der Waals surface area (Å²) in [4.78, 5) is 8.30. The fraction of sp³-hybridized carbons (Fsp3) is 0.412. The van der Waals surface area contributed by atoms with E-state index in [4.69, 9.17) is 4.74 Å². The summed E-state index contributed by atoms with van der Waals surface area (Å²) in [5.74, 6) is 0.415. The Morgan fingerprint density at radius 3 is 2.52 bits per heavy atom. The van der Waals surface area contributed by atoms with Crippen molar-refractivity contribution < 1.29 is 22.6 Å². The fourth-order valence-corrected chi connectivity index (χ4v) is 1.96. The maximum atomic E-state index is 12.3. The number of halogens is 3. The Labute approximate surface area is 145 Å². The van der Waals surface area contributed by atoms with Crippen LogP contribution in [0, 0.1) is 0 Å². The van der Waals surface area contributed by atoms with Gasteiger partial charge in [-0.3, -0.25) is 4.99 Å². The van der Waals surface area contributed by atoms with Gasteiger partial charge >= 0.3 is 6.36 Å².